The summed E-state index contributed by atoms with van der Waals surface area (Å²) in [6.07, 6.45) is 1.68. The normalized spacial score (nSPS) is 27.0. The maximum absolute atomic E-state index is 12.8. The molecule has 2 heteroatoms. The summed E-state index contributed by atoms with van der Waals surface area (Å²) in [5.74, 6) is 0.0377. The SMILES string of the molecule is Cc1cc(F)ccc1C1CCC1O. The molecular formula is C11H13FO. The zero-order valence-electron chi connectivity index (χ0n) is 7.63. The summed E-state index contributed by atoms with van der Waals surface area (Å²) in [5, 5.41) is 9.46. The first kappa shape index (κ1) is 8.70. The van der Waals surface area contributed by atoms with E-state index in [4.69, 9.17) is 0 Å². The van der Waals surface area contributed by atoms with Crippen molar-refractivity contribution in [1.29, 1.82) is 0 Å². The molecule has 1 aliphatic carbocycles. The predicted octanol–water partition coefficient (Wildman–Crippen LogP) is 2.37. The fraction of sp³-hybridized carbons (Fsp3) is 0.455. The minimum absolute atomic E-state index is 0.199. The molecule has 1 N–H and O–H groups in total. The van der Waals surface area contributed by atoms with Crippen LogP contribution in [-0.4, -0.2) is 11.2 Å². The van der Waals surface area contributed by atoms with Crippen molar-refractivity contribution in [3.63, 3.8) is 0 Å². The van der Waals surface area contributed by atoms with E-state index in [1.807, 2.05) is 6.92 Å². The number of hydrogen-bond acceptors (Lipinski definition) is 1. The second-order valence-corrected chi connectivity index (χ2v) is 3.75. The molecule has 2 rings (SSSR count). The van der Waals surface area contributed by atoms with E-state index in [0.29, 0.717) is 0 Å². The summed E-state index contributed by atoms with van der Waals surface area (Å²) in [7, 11) is 0. The topological polar surface area (TPSA) is 20.2 Å². The maximum Gasteiger partial charge on any atom is 0.123 e. The van der Waals surface area contributed by atoms with E-state index < -0.39 is 0 Å². The Hall–Kier alpha value is -0.890. The zero-order valence-corrected chi connectivity index (χ0v) is 7.63. The van der Waals surface area contributed by atoms with Crippen LogP contribution >= 0.6 is 0 Å². The van der Waals surface area contributed by atoms with E-state index in [9.17, 15) is 9.50 Å². The lowest BCUT2D eigenvalue weighted by Gasteiger charge is -2.33. The van der Waals surface area contributed by atoms with Crippen molar-refractivity contribution in [1.82, 2.24) is 0 Å². The molecule has 0 aliphatic heterocycles. The second kappa shape index (κ2) is 3.11. The van der Waals surface area contributed by atoms with Crippen molar-refractivity contribution in [3.8, 4) is 0 Å². The summed E-state index contributed by atoms with van der Waals surface area (Å²) >= 11 is 0. The number of aliphatic hydroxyl groups excluding tert-OH is 1. The molecule has 70 valence electrons. The Bertz CT molecular complexity index is 322. The average Bonchev–Trinajstić information content (AvgIpc) is 2.07. The van der Waals surface area contributed by atoms with E-state index in [-0.39, 0.29) is 17.8 Å². The van der Waals surface area contributed by atoms with Gasteiger partial charge in [-0.3, -0.25) is 0 Å². The van der Waals surface area contributed by atoms with Crippen LogP contribution in [-0.2, 0) is 0 Å². The van der Waals surface area contributed by atoms with Crippen LogP contribution in [0.3, 0.4) is 0 Å². The highest BCUT2D eigenvalue weighted by molar-refractivity contribution is 5.32. The van der Waals surface area contributed by atoms with Gasteiger partial charge in [-0.15, -0.1) is 0 Å². The van der Waals surface area contributed by atoms with Crippen LogP contribution in [0.4, 0.5) is 4.39 Å². The lowest BCUT2D eigenvalue weighted by atomic mass is 9.76. The summed E-state index contributed by atoms with van der Waals surface area (Å²) in [5.41, 5.74) is 2.05. The van der Waals surface area contributed by atoms with Crippen molar-refractivity contribution >= 4 is 0 Å². The Morgan fingerprint density at radius 3 is 2.62 bits per heavy atom. The van der Waals surface area contributed by atoms with Gasteiger partial charge < -0.3 is 5.11 Å². The van der Waals surface area contributed by atoms with Crippen LogP contribution in [0.1, 0.15) is 29.9 Å². The van der Waals surface area contributed by atoms with Gasteiger partial charge in [0.2, 0.25) is 0 Å². The van der Waals surface area contributed by atoms with Crippen LogP contribution in [0.2, 0.25) is 0 Å². The smallest absolute Gasteiger partial charge is 0.123 e. The molecule has 0 aromatic heterocycles. The van der Waals surface area contributed by atoms with Crippen LogP contribution in [0.25, 0.3) is 0 Å². The van der Waals surface area contributed by atoms with Gasteiger partial charge in [-0.05, 0) is 43.0 Å². The monoisotopic (exact) mass is 180 g/mol. The minimum atomic E-state index is -0.218. The van der Waals surface area contributed by atoms with Gasteiger partial charge in [0.25, 0.3) is 0 Å². The van der Waals surface area contributed by atoms with Gasteiger partial charge in [0.05, 0.1) is 6.10 Å². The Kier molecular flexibility index (Phi) is 2.08. The Morgan fingerprint density at radius 1 is 1.38 bits per heavy atom. The molecule has 0 saturated heterocycles. The van der Waals surface area contributed by atoms with Crippen molar-refractivity contribution in [2.75, 3.05) is 0 Å². The Morgan fingerprint density at radius 2 is 2.15 bits per heavy atom. The molecule has 1 saturated carbocycles. The number of hydrogen-bond donors (Lipinski definition) is 1. The van der Waals surface area contributed by atoms with Crippen molar-refractivity contribution in [3.05, 3.63) is 35.1 Å². The number of aliphatic hydroxyl groups is 1. The molecule has 1 aromatic rings. The fourth-order valence-electron chi connectivity index (χ4n) is 1.90. The first-order valence-corrected chi connectivity index (χ1v) is 4.62. The molecule has 0 heterocycles. The molecule has 1 aromatic carbocycles. The van der Waals surface area contributed by atoms with Gasteiger partial charge in [-0.25, -0.2) is 4.39 Å². The Balaban J connectivity index is 2.30. The Labute approximate surface area is 77.2 Å². The van der Waals surface area contributed by atoms with Gasteiger partial charge >= 0.3 is 0 Å². The number of rotatable bonds is 1. The molecule has 13 heavy (non-hydrogen) atoms. The molecule has 2 unspecified atom stereocenters. The standard InChI is InChI=1S/C11H13FO/c1-7-6-8(12)2-3-9(7)10-4-5-11(10)13/h2-3,6,10-11,13H,4-5H2,1H3. The summed E-state index contributed by atoms with van der Waals surface area (Å²) < 4.78 is 12.8. The van der Waals surface area contributed by atoms with E-state index >= 15 is 0 Å². The van der Waals surface area contributed by atoms with Gasteiger partial charge in [0.1, 0.15) is 5.82 Å². The third-order valence-corrected chi connectivity index (χ3v) is 2.87. The average molecular weight is 180 g/mol. The summed E-state index contributed by atoms with van der Waals surface area (Å²) in [6.45, 7) is 1.89. The van der Waals surface area contributed by atoms with Gasteiger partial charge in [0, 0.05) is 5.92 Å². The maximum atomic E-state index is 12.8. The van der Waals surface area contributed by atoms with E-state index in [2.05, 4.69) is 0 Å². The highest BCUT2D eigenvalue weighted by Gasteiger charge is 2.30. The number of halogens is 1. The third-order valence-electron chi connectivity index (χ3n) is 2.87. The number of benzene rings is 1. The molecule has 0 amide bonds. The highest BCUT2D eigenvalue weighted by atomic mass is 19.1. The summed E-state index contributed by atoms with van der Waals surface area (Å²) in [6, 6.07) is 4.78. The number of aryl methyl sites for hydroxylation is 1. The molecule has 0 bridgehead atoms. The van der Waals surface area contributed by atoms with Crippen molar-refractivity contribution < 1.29 is 9.50 Å². The zero-order chi connectivity index (χ0) is 9.42. The van der Waals surface area contributed by atoms with E-state index in [0.717, 1.165) is 24.0 Å². The molecule has 1 nitrogen and oxygen atoms in total. The van der Waals surface area contributed by atoms with Crippen LogP contribution < -0.4 is 0 Å². The largest absolute Gasteiger partial charge is 0.392 e. The van der Waals surface area contributed by atoms with E-state index in [1.54, 1.807) is 6.07 Å². The van der Waals surface area contributed by atoms with Gasteiger partial charge in [-0.1, -0.05) is 6.07 Å². The van der Waals surface area contributed by atoms with Crippen LogP contribution in [0.15, 0.2) is 18.2 Å². The van der Waals surface area contributed by atoms with Crippen molar-refractivity contribution in [2.24, 2.45) is 0 Å². The quantitative estimate of drug-likeness (QED) is 0.703. The van der Waals surface area contributed by atoms with Crippen LogP contribution in [0.5, 0.6) is 0 Å². The second-order valence-electron chi connectivity index (χ2n) is 3.75. The molecule has 2 atom stereocenters. The third kappa shape index (κ3) is 1.46. The summed E-state index contributed by atoms with van der Waals surface area (Å²) in [4.78, 5) is 0. The van der Waals surface area contributed by atoms with Gasteiger partial charge in [-0.2, -0.15) is 0 Å². The molecule has 0 spiro atoms. The molecule has 0 radical (unpaired) electrons. The molecular weight excluding hydrogens is 167 g/mol. The first-order chi connectivity index (χ1) is 6.18. The molecule has 1 fully saturated rings. The fourth-order valence-corrected chi connectivity index (χ4v) is 1.90. The van der Waals surface area contributed by atoms with E-state index in [1.165, 1.54) is 12.1 Å². The lowest BCUT2D eigenvalue weighted by molar-refractivity contribution is 0.0658. The minimum Gasteiger partial charge on any atom is -0.392 e. The molecule has 1 aliphatic rings. The predicted molar refractivity (Wildman–Crippen MR) is 49.1 cm³/mol. The van der Waals surface area contributed by atoms with Gasteiger partial charge in [0.15, 0.2) is 0 Å². The van der Waals surface area contributed by atoms with Crippen molar-refractivity contribution in [2.45, 2.75) is 31.8 Å². The highest BCUT2D eigenvalue weighted by Crippen LogP contribution is 2.38. The lowest BCUT2D eigenvalue weighted by Crippen LogP contribution is -2.29. The van der Waals surface area contributed by atoms with Crippen LogP contribution in [0, 0.1) is 12.7 Å². The first-order valence-electron chi connectivity index (χ1n) is 4.62.